The summed E-state index contributed by atoms with van der Waals surface area (Å²) >= 11 is 0. The highest BCUT2D eigenvalue weighted by Crippen LogP contribution is 2.19. The summed E-state index contributed by atoms with van der Waals surface area (Å²) in [5, 5.41) is 2.84. The molecule has 5 nitrogen and oxygen atoms in total. The van der Waals surface area contributed by atoms with Crippen LogP contribution in [0.15, 0.2) is 54.6 Å². The lowest BCUT2D eigenvalue weighted by molar-refractivity contribution is -0.128. The van der Waals surface area contributed by atoms with Gasteiger partial charge in [-0.3, -0.25) is 9.59 Å². The van der Waals surface area contributed by atoms with E-state index in [1.165, 1.54) is 13.0 Å². The second-order valence-electron chi connectivity index (χ2n) is 5.87. The van der Waals surface area contributed by atoms with Crippen LogP contribution in [0.25, 0.3) is 6.08 Å². The average Bonchev–Trinajstić information content (AvgIpc) is 2.61. The van der Waals surface area contributed by atoms with Crippen molar-refractivity contribution >= 4 is 23.6 Å². The summed E-state index contributed by atoms with van der Waals surface area (Å²) in [4.78, 5) is 25.2. The third kappa shape index (κ3) is 5.77. The topological polar surface area (TPSA) is 58.6 Å². The van der Waals surface area contributed by atoms with E-state index in [1.807, 2.05) is 55.5 Å². The Balaban J connectivity index is 2.03. The Morgan fingerprint density at radius 3 is 2.65 bits per heavy atom. The van der Waals surface area contributed by atoms with Gasteiger partial charge in [0.2, 0.25) is 11.8 Å². The molecule has 0 heterocycles. The van der Waals surface area contributed by atoms with Crippen molar-refractivity contribution in [3.8, 4) is 5.75 Å². The van der Waals surface area contributed by atoms with Crippen LogP contribution in [0.5, 0.6) is 5.75 Å². The van der Waals surface area contributed by atoms with Crippen LogP contribution in [0.1, 0.15) is 25.0 Å². The van der Waals surface area contributed by atoms with Crippen LogP contribution in [0.4, 0.5) is 5.69 Å². The van der Waals surface area contributed by atoms with E-state index in [9.17, 15) is 9.59 Å². The number of ether oxygens (including phenoxy) is 1. The van der Waals surface area contributed by atoms with Crippen molar-refractivity contribution < 1.29 is 14.3 Å². The van der Waals surface area contributed by atoms with Gasteiger partial charge in [0.1, 0.15) is 5.75 Å². The van der Waals surface area contributed by atoms with Crippen LogP contribution in [0, 0.1) is 0 Å². The van der Waals surface area contributed by atoms with Gasteiger partial charge in [-0.2, -0.15) is 0 Å². The molecule has 2 rings (SSSR count). The molecular weight excluding hydrogens is 328 g/mol. The number of anilines is 1. The number of hydrogen-bond acceptors (Lipinski definition) is 3. The number of para-hydroxylation sites is 1. The lowest BCUT2D eigenvalue weighted by atomic mass is 10.1. The number of carbonyl (C=O) groups excluding carboxylic acids is 2. The van der Waals surface area contributed by atoms with Gasteiger partial charge in [0, 0.05) is 37.8 Å². The Labute approximate surface area is 154 Å². The van der Waals surface area contributed by atoms with Crippen molar-refractivity contribution in [3.63, 3.8) is 0 Å². The number of benzene rings is 2. The summed E-state index contributed by atoms with van der Waals surface area (Å²) in [5.41, 5.74) is 2.49. The first-order chi connectivity index (χ1) is 12.5. The Hall–Kier alpha value is -3.08. The maximum Gasteiger partial charge on any atom is 0.248 e. The van der Waals surface area contributed by atoms with E-state index >= 15 is 0 Å². The van der Waals surface area contributed by atoms with Crippen LogP contribution in [0.2, 0.25) is 0 Å². The summed E-state index contributed by atoms with van der Waals surface area (Å²) < 4.78 is 5.54. The van der Waals surface area contributed by atoms with E-state index < -0.39 is 0 Å². The van der Waals surface area contributed by atoms with Gasteiger partial charge in [0.15, 0.2) is 0 Å². The summed E-state index contributed by atoms with van der Waals surface area (Å²) in [6, 6.07) is 15.0. The molecule has 0 saturated heterocycles. The Morgan fingerprint density at radius 2 is 1.92 bits per heavy atom. The molecule has 0 aromatic heterocycles. The summed E-state index contributed by atoms with van der Waals surface area (Å²) in [5.74, 6) is 0.511. The first kappa shape index (κ1) is 19.2. The molecule has 0 aliphatic carbocycles. The molecule has 0 bridgehead atoms. The van der Waals surface area contributed by atoms with E-state index in [2.05, 4.69) is 5.32 Å². The number of nitrogens with one attached hydrogen (secondary N) is 1. The predicted octanol–water partition coefficient (Wildman–Crippen LogP) is 3.72. The fourth-order valence-electron chi connectivity index (χ4n) is 2.39. The van der Waals surface area contributed by atoms with Gasteiger partial charge in [-0.1, -0.05) is 30.3 Å². The third-order valence-corrected chi connectivity index (χ3v) is 3.78. The highest BCUT2D eigenvalue weighted by molar-refractivity contribution is 6.02. The zero-order valence-electron chi connectivity index (χ0n) is 15.4. The molecule has 0 saturated carbocycles. The van der Waals surface area contributed by atoms with Gasteiger partial charge in [-0.25, -0.2) is 0 Å². The minimum atomic E-state index is -0.228. The van der Waals surface area contributed by atoms with Crippen molar-refractivity contribution in [1.82, 2.24) is 4.90 Å². The van der Waals surface area contributed by atoms with Crippen LogP contribution >= 0.6 is 0 Å². The summed E-state index contributed by atoms with van der Waals surface area (Å²) in [6.45, 7) is 4.51. The van der Waals surface area contributed by atoms with E-state index in [4.69, 9.17) is 4.74 Å². The molecule has 0 fully saturated rings. The Kier molecular flexibility index (Phi) is 6.97. The molecule has 2 aromatic rings. The second kappa shape index (κ2) is 9.42. The van der Waals surface area contributed by atoms with E-state index in [1.54, 1.807) is 18.0 Å². The van der Waals surface area contributed by atoms with Gasteiger partial charge >= 0.3 is 0 Å². The molecule has 0 radical (unpaired) electrons. The summed E-state index contributed by atoms with van der Waals surface area (Å²) in [6.07, 6.45) is 3.21. The van der Waals surface area contributed by atoms with Crippen molar-refractivity contribution in [2.24, 2.45) is 0 Å². The minimum Gasteiger partial charge on any atom is -0.493 e. The number of carbonyl (C=O) groups is 2. The van der Waals surface area contributed by atoms with Gasteiger partial charge in [0.05, 0.1) is 6.61 Å². The largest absolute Gasteiger partial charge is 0.493 e. The van der Waals surface area contributed by atoms with Gasteiger partial charge in [0.25, 0.3) is 0 Å². The highest BCUT2D eigenvalue weighted by Gasteiger charge is 2.05. The SMILES string of the molecule is CCOc1ccccc1/C=C/C(=O)Nc1cccc(CN(C)C(C)=O)c1. The van der Waals surface area contributed by atoms with Crippen molar-refractivity contribution in [2.75, 3.05) is 19.0 Å². The maximum absolute atomic E-state index is 12.2. The smallest absolute Gasteiger partial charge is 0.248 e. The third-order valence-electron chi connectivity index (χ3n) is 3.78. The maximum atomic E-state index is 12.2. The van der Waals surface area contributed by atoms with Crippen LogP contribution in [-0.4, -0.2) is 30.4 Å². The number of hydrogen-bond donors (Lipinski definition) is 1. The zero-order chi connectivity index (χ0) is 18.9. The highest BCUT2D eigenvalue weighted by atomic mass is 16.5. The molecule has 1 N–H and O–H groups in total. The summed E-state index contributed by atoms with van der Waals surface area (Å²) in [7, 11) is 1.74. The average molecular weight is 352 g/mol. The lowest BCUT2D eigenvalue weighted by Gasteiger charge is -2.15. The molecule has 5 heteroatoms. The van der Waals surface area contributed by atoms with Crippen molar-refractivity contribution in [1.29, 1.82) is 0 Å². The van der Waals surface area contributed by atoms with Gasteiger partial charge < -0.3 is 15.0 Å². The monoisotopic (exact) mass is 352 g/mol. The van der Waals surface area contributed by atoms with Crippen molar-refractivity contribution in [2.45, 2.75) is 20.4 Å². The van der Waals surface area contributed by atoms with Crippen LogP contribution < -0.4 is 10.1 Å². The lowest BCUT2D eigenvalue weighted by Crippen LogP contribution is -2.23. The van der Waals surface area contributed by atoms with Crippen molar-refractivity contribution in [3.05, 3.63) is 65.7 Å². The van der Waals surface area contributed by atoms with Crippen LogP contribution in [-0.2, 0) is 16.1 Å². The standard InChI is InChI=1S/C21H24N2O3/c1-4-26-20-11-6-5-9-18(20)12-13-21(25)22-19-10-7-8-17(14-19)15-23(3)16(2)24/h5-14H,4,15H2,1-3H3,(H,22,25)/b13-12+. The molecule has 0 aliphatic rings. The molecule has 2 amide bonds. The Bertz CT molecular complexity index is 799. The fraction of sp³-hybridized carbons (Fsp3) is 0.238. The number of rotatable bonds is 7. The molecule has 0 atom stereocenters. The fourth-order valence-corrected chi connectivity index (χ4v) is 2.39. The van der Waals surface area contributed by atoms with Gasteiger partial charge in [-0.05, 0) is 36.8 Å². The first-order valence-electron chi connectivity index (χ1n) is 8.51. The first-order valence-corrected chi connectivity index (χ1v) is 8.51. The van der Waals surface area contributed by atoms with E-state index in [0.29, 0.717) is 18.8 Å². The molecule has 2 aromatic carbocycles. The number of nitrogens with zero attached hydrogens (tertiary/aromatic N) is 1. The van der Waals surface area contributed by atoms with Gasteiger partial charge in [-0.15, -0.1) is 0 Å². The molecule has 0 spiro atoms. The molecular formula is C21H24N2O3. The quantitative estimate of drug-likeness (QED) is 0.773. The zero-order valence-corrected chi connectivity index (χ0v) is 15.4. The minimum absolute atomic E-state index is 0.00432. The normalized spacial score (nSPS) is 10.6. The predicted molar refractivity (Wildman–Crippen MR) is 104 cm³/mol. The van der Waals surface area contributed by atoms with E-state index in [-0.39, 0.29) is 11.8 Å². The molecule has 0 unspecified atom stereocenters. The van der Waals surface area contributed by atoms with E-state index in [0.717, 1.165) is 16.9 Å². The number of amides is 2. The second-order valence-corrected chi connectivity index (χ2v) is 5.87. The molecule has 26 heavy (non-hydrogen) atoms. The Morgan fingerprint density at radius 1 is 1.15 bits per heavy atom. The molecule has 136 valence electrons. The molecule has 0 aliphatic heterocycles. The van der Waals surface area contributed by atoms with Crippen LogP contribution in [0.3, 0.4) is 0 Å².